The molecule has 0 spiro atoms. The average molecular weight is 407 g/mol. The van der Waals surface area contributed by atoms with Crippen LogP contribution in [0.1, 0.15) is 6.42 Å². The first kappa shape index (κ1) is 19.5. The molecule has 4 aromatic heterocycles. The second-order valence-corrected chi connectivity index (χ2v) is 7.48. The number of fused-ring (bicyclic) bond motifs is 2. The van der Waals surface area contributed by atoms with Crippen LogP contribution in [0.15, 0.2) is 42.9 Å². The lowest BCUT2D eigenvalue weighted by Gasteiger charge is -2.24. The predicted octanol–water partition coefficient (Wildman–Crippen LogP) is 1.16. The molecule has 0 saturated heterocycles. The van der Waals surface area contributed by atoms with Gasteiger partial charge in [-0.15, -0.1) is 5.10 Å². The Hall–Kier alpha value is -3.43. The van der Waals surface area contributed by atoms with Gasteiger partial charge in [-0.2, -0.15) is 0 Å². The van der Waals surface area contributed by atoms with Gasteiger partial charge in [0.25, 0.3) is 0 Å². The minimum absolute atomic E-state index is 0.222. The predicted molar refractivity (Wildman–Crippen MR) is 117 cm³/mol. The Kier molecular flexibility index (Phi) is 4.46. The standard InChI is InChI=1S/C19H13B3FN7O/c20-19(21,22)28-16-11-7-24-14(26-18(31)10-5-13(10)23)6-9(11)12(8-25-16)17-27-15-3-1-2-4-30(15)29-17/h1-4,6-8,10,13H,5H2,(H,25,28)(H,24,26,31)/t10-,13-/m1/s1. The van der Waals surface area contributed by atoms with Crippen molar-refractivity contribution in [2.45, 2.75) is 17.8 Å². The molecule has 31 heavy (non-hydrogen) atoms. The molecule has 12 heteroatoms. The summed E-state index contributed by atoms with van der Waals surface area (Å²) in [6.45, 7) is 0. The van der Waals surface area contributed by atoms with E-state index in [1.165, 1.54) is 6.20 Å². The summed E-state index contributed by atoms with van der Waals surface area (Å²) in [4.78, 5) is 25.3. The first-order chi connectivity index (χ1) is 14.8. The summed E-state index contributed by atoms with van der Waals surface area (Å²) < 4.78 is 14.9. The smallest absolute Gasteiger partial charge is 0.231 e. The van der Waals surface area contributed by atoms with Gasteiger partial charge in [-0.05, 0) is 24.6 Å². The number of rotatable bonds is 5. The Labute approximate surface area is 180 Å². The summed E-state index contributed by atoms with van der Waals surface area (Å²) in [5, 5.41) is 9.31. The molecule has 1 saturated carbocycles. The van der Waals surface area contributed by atoms with Crippen LogP contribution in [0.5, 0.6) is 0 Å². The monoisotopic (exact) mass is 407 g/mol. The van der Waals surface area contributed by atoms with E-state index < -0.39 is 23.2 Å². The maximum atomic E-state index is 13.2. The molecule has 0 bridgehead atoms. The summed E-state index contributed by atoms with van der Waals surface area (Å²) >= 11 is 0. The molecule has 1 aliphatic rings. The van der Waals surface area contributed by atoms with Crippen molar-refractivity contribution in [2.75, 3.05) is 10.6 Å². The number of halogens is 1. The summed E-state index contributed by atoms with van der Waals surface area (Å²) in [7, 11) is 17.0. The lowest BCUT2D eigenvalue weighted by Crippen LogP contribution is -2.40. The summed E-state index contributed by atoms with van der Waals surface area (Å²) in [6, 6.07) is 7.16. The van der Waals surface area contributed by atoms with E-state index in [1.807, 2.05) is 18.2 Å². The highest BCUT2D eigenvalue weighted by molar-refractivity contribution is 6.60. The molecular formula is C19H13B3FN7O. The normalized spacial score (nSPS) is 18.2. The molecule has 0 aliphatic heterocycles. The minimum atomic E-state index is -1.71. The second-order valence-electron chi connectivity index (χ2n) is 7.48. The number of hydrogen-bond acceptors (Lipinski definition) is 6. The van der Waals surface area contributed by atoms with Crippen molar-refractivity contribution in [3.63, 3.8) is 0 Å². The van der Waals surface area contributed by atoms with Crippen LogP contribution in [0.3, 0.4) is 0 Å². The topological polar surface area (TPSA) is 97.1 Å². The highest BCUT2D eigenvalue weighted by Crippen LogP contribution is 2.36. The number of nitrogens with zero attached hydrogens (tertiary/aromatic N) is 5. The van der Waals surface area contributed by atoms with Crippen LogP contribution in [0, 0.1) is 5.92 Å². The SMILES string of the molecule is [B]C([B])([B])Nc1ncc(-c2nc3ccccn3n2)c2cc(NC(=O)[C@@H]3C[C@H]3F)ncc12. The first-order valence-corrected chi connectivity index (χ1v) is 9.49. The number of carbonyl (C=O) groups excluding carboxylic acids is 1. The van der Waals surface area contributed by atoms with E-state index in [1.54, 1.807) is 23.0 Å². The van der Waals surface area contributed by atoms with Gasteiger partial charge in [0, 0.05) is 34.9 Å². The number of anilines is 2. The quantitative estimate of drug-likeness (QED) is 0.483. The average Bonchev–Trinajstić information content (AvgIpc) is 3.29. The first-order valence-electron chi connectivity index (χ1n) is 9.49. The van der Waals surface area contributed by atoms with Gasteiger partial charge in [0.15, 0.2) is 11.5 Å². The Morgan fingerprint density at radius 3 is 2.71 bits per heavy atom. The van der Waals surface area contributed by atoms with E-state index in [-0.39, 0.29) is 12.2 Å². The van der Waals surface area contributed by atoms with Gasteiger partial charge >= 0.3 is 0 Å². The fraction of sp³-hybridized carbons (Fsp3) is 0.211. The summed E-state index contributed by atoms with van der Waals surface area (Å²) in [6.07, 6.45) is 3.93. The van der Waals surface area contributed by atoms with Gasteiger partial charge < -0.3 is 10.6 Å². The summed E-state index contributed by atoms with van der Waals surface area (Å²) in [5.41, 5.74) is 1.25. The van der Waals surface area contributed by atoms with Crippen molar-refractivity contribution in [2.24, 2.45) is 5.92 Å². The molecule has 8 nitrogen and oxygen atoms in total. The largest absolute Gasteiger partial charge is 0.389 e. The molecule has 0 aromatic carbocycles. The van der Waals surface area contributed by atoms with Crippen molar-refractivity contribution >= 4 is 57.5 Å². The highest BCUT2D eigenvalue weighted by Gasteiger charge is 2.43. The molecule has 0 unspecified atom stereocenters. The number of amides is 1. The molecule has 6 radical (unpaired) electrons. The maximum absolute atomic E-state index is 13.2. The molecule has 2 N–H and O–H groups in total. The van der Waals surface area contributed by atoms with Crippen molar-refractivity contribution in [3.05, 3.63) is 42.9 Å². The van der Waals surface area contributed by atoms with Gasteiger partial charge in [-0.1, -0.05) is 11.3 Å². The van der Waals surface area contributed by atoms with Crippen LogP contribution < -0.4 is 10.6 Å². The van der Waals surface area contributed by atoms with Gasteiger partial charge in [0.1, 0.15) is 17.8 Å². The fourth-order valence-corrected chi connectivity index (χ4v) is 3.29. The Morgan fingerprint density at radius 2 is 2.00 bits per heavy atom. The molecule has 4 aromatic rings. The number of hydrogen-bond donors (Lipinski definition) is 2. The Bertz CT molecular complexity index is 1290. The third kappa shape index (κ3) is 3.85. The molecule has 2 atom stereocenters. The minimum Gasteiger partial charge on any atom is -0.389 e. The Balaban J connectivity index is 1.63. The molecule has 1 fully saturated rings. The van der Waals surface area contributed by atoms with Crippen LogP contribution in [-0.4, -0.2) is 65.4 Å². The fourth-order valence-electron chi connectivity index (χ4n) is 3.29. The van der Waals surface area contributed by atoms with Crippen molar-refractivity contribution in [3.8, 4) is 11.4 Å². The highest BCUT2D eigenvalue weighted by atomic mass is 19.1. The van der Waals surface area contributed by atoms with Gasteiger partial charge in [0.05, 0.1) is 29.5 Å². The number of aromatic nitrogens is 5. The number of carbonyl (C=O) groups is 1. The summed E-state index contributed by atoms with van der Waals surface area (Å²) in [5.74, 6) is -0.0722. The van der Waals surface area contributed by atoms with Gasteiger partial charge in [-0.25, -0.2) is 23.9 Å². The van der Waals surface area contributed by atoms with Gasteiger partial charge in [0.2, 0.25) is 5.91 Å². The molecule has 5 rings (SSSR count). The van der Waals surface area contributed by atoms with Crippen LogP contribution >= 0.6 is 0 Å². The molecule has 1 aliphatic carbocycles. The van der Waals surface area contributed by atoms with E-state index in [9.17, 15) is 9.18 Å². The number of nitrogens with one attached hydrogen (secondary N) is 2. The second kappa shape index (κ2) is 7.07. The lowest BCUT2D eigenvalue weighted by atomic mass is 9.49. The molecule has 146 valence electrons. The maximum Gasteiger partial charge on any atom is 0.231 e. The van der Waals surface area contributed by atoms with E-state index in [0.717, 1.165) is 0 Å². The van der Waals surface area contributed by atoms with Crippen molar-refractivity contribution in [1.82, 2.24) is 24.6 Å². The van der Waals surface area contributed by atoms with Gasteiger partial charge in [-0.3, -0.25) is 4.79 Å². The third-order valence-electron chi connectivity index (χ3n) is 4.89. The Morgan fingerprint density at radius 1 is 1.19 bits per heavy atom. The number of alkyl halides is 1. The lowest BCUT2D eigenvalue weighted by molar-refractivity contribution is -0.117. The number of pyridine rings is 3. The van der Waals surface area contributed by atoms with Crippen LogP contribution in [0.25, 0.3) is 27.8 Å². The molecule has 1 amide bonds. The van der Waals surface area contributed by atoms with Crippen molar-refractivity contribution < 1.29 is 9.18 Å². The zero-order chi connectivity index (χ0) is 21.8. The van der Waals surface area contributed by atoms with Crippen LogP contribution in [0.2, 0.25) is 0 Å². The zero-order valence-electron chi connectivity index (χ0n) is 16.2. The third-order valence-corrected chi connectivity index (χ3v) is 4.89. The van der Waals surface area contributed by atoms with Crippen LogP contribution in [0.4, 0.5) is 16.0 Å². The van der Waals surface area contributed by atoms with E-state index in [0.29, 0.717) is 33.6 Å². The molecule has 4 heterocycles. The van der Waals surface area contributed by atoms with Crippen molar-refractivity contribution in [1.29, 1.82) is 0 Å². The van der Waals surface area contributed by atoms with E-state index in [2.05, 4.69) is 30.7 Å². The zero-order valence-corrected chi connectivity index (χ0v) is 16.2. The van der Waals surface area contributed by atoms with E-state index >= 15 is 0 Å². The van der Waals surface area contributed by atoms with E-state index in [4.69, 9.17) is 23.5 Å². The molecular weight excluding hydrogens is 394 g/mol. The van der Waals surface area contributed by atoms with Crippen LogP contribution in [-0.2, 0) is 4.79 Å².